The predicted molar refractivity (Wildman–Crippen MR) is 67.5 cm³/mol. The molecule has 0 radical (unpaired) electrons. The third-order valence-corrected chi connectivity index (χ3v) is 2.98. The highest BCUT2D eigenvalue weighted by Gasteiger charge is 2.13. The van der Waals surface area contributed by atoms with Crippen LogP contribution in [0.25, 0.3) is 0 Å². The molecule has 0 aliphatic rings. The van der Waals surface area contributed by atoms with E-state index in [2.05, 4.69) is 21.2 Å². The summed E-state index contributed by atoms with van der Waals surface area (Å²) in [6.45, 7) is 0. The fourth-order valence-corrected chi connectivity index (χ4v) is 1.84. The average Bonchev–Trinajstić information content (AvgIpc) is 2.70. The number of furan rings is 1. The molecule has 1 amide bonds. The first-order valence-electron chi connectivity index (χ1n) is 4.61. The van der Waals surface area contributed by atoms with Crippen LogP contribution in [0.15, 0.2) is 39.6 Å². The van der Waals surface area contributed by atoms with Crippen LogP contribution in [-0.2, 0) is 0 Å². The lowest BCUT2D eigenvalue weighted by molar-refractivity contribution is 0.102. The molecule has 2 rings (SSSR count). The van der Waals surface area contributed by atoms with E-state index in [0.29, 0.717) is 15.9 Å². The second-order valence-corrected chi connectivity index (χ2v) is 4.36. The summed E-state index contributed by atoms with van der Waals surface area (Å²) in [5.74, 6) is -0.360. The van der Waals surface area contributed by atoms with Crippen molar-refractivity contribution in [3.8, 4) is 5.75 Å². The van der Waals surface area contributed by atoms with Crippen LogP contribution < -0.4 is 5.32 Å². The van der Waals surface area contributed by atoms with Crippen LogP contribution in [0.3, 0.4) is 0 Å². The Morgan fingerprint density at radius 1 is 1.41 bits per heavy atom. The van der Waals surface area contributed by atoms with E-state index in [1.54, 1.807) is 12.1 Å². The molecule has 88 valence electrons. The third kappa shape index (κ3) is 2.62. The van der Waals surface area contributed by atoms with Gasteiger partial charge in [0, 0.05) is 5.69 Å². The molecule has 2 N–H and O–H groups in total. The summed E-state index contributed by atoms with van der Waals surface area (Å²) >= 11 is 8.84. The Kier molecular flexibility index (Phi) is 3.40. The lowest BCUT2D eigenvalue weighted by Gasteiger charge is -2.05. The number of nitrogens with one attached hydrogen (secondary N) is 1. The molecule has 0 saturated carbocycles. The van der Waals surface area contributed by atoms with Gasteiger partial charge < -0.3 is 14.8 Å². The number of amides is 1. The van der Waals surface area contributed by atoms with E-state index in [-0.39, 0.29) is 16.7 Å². The quantitative estimate of drug-likeness (QED) is 0.831. The van der Waals surface area contributed by atoms with Gasteiger partial charge in [0.15, 0.2) is 4.67 Å². The van der Waals surface area contributed by atoms with E-state index in [1.807, 2.05) is 0 Å². The van der Waals surface area contributed by atoms with Gasteiger partial charge in [-0.05, 0) is 40.2 Å². The van der Waals surface area contributed by atoms with E-state index in [0.717, 1.165) is 0 Å². The molecular formula is C11H7BrClNO3. The van der Waals surface area contributed by atoms with Crippen molar-refractivity contribution in [2.75, 3.05) is 5.32 Å². The van der Waals surface area contributed by atoms with Crippen LogP contribution in [-0.4, -0.2) is 11.0 Å². The van der Waals surface area contributed by atoms with Crippen LogP contribution in [0, 0.1) is 0 Å². The lowest BCUT2D eigenvalue weighted by atomic mass is 10.2. The molecule has 1 aromatic carbocycles. The van der Waals surface area contributed by atoms with Crippen molar-refractivity contribution >= 4 is 39.1 Å². The lowest BCUT2D eigenvalue weighted by Crippen LogP contribution is -2.11. The molecule has 0 unspecified atom stereocenters. The first-order valence-corrected chi connectivity index (χ1v) is 5.78. The minimum atomic E-state index is -0.326. The molecule has 0 aliphatic heterocycles. The van der Waals surface area contributed by atoms with E-state index < -0.39 is 0 Å². The van der Waals surface area contributed by atoms with Gasteiger partial charge in [0.1, 0.15) is 5.75 Å². The summed E-state index contributed by atoms with van der Waals surface area (Å²) < 4.78 is 5.32. The predicted octanol–water partition coefficient (Wildman–Crippen LogP) is 3.65. The number of anilines is 1. The van der Waals surface area contributed by atoms with Crippen molar-refractivity contribution in [1.82, 2.24) is 0 Å². The van der Waals surface area contributed by atoms with E-state index >= 15 is 0 Å². The fraction of sp³-hybridized carbons (Fsp3) is 0. The van der Waals surface area contributed by atoms with E-state index in [4.69, 9.17) is 16.0 Å². The number of phenolic OH excluding ortho intramolecular Hbond substituents is 1. The number of benzene rings is 1. The molecule has 2 aromatic rings. The first kappa shape index (κ1) is 12.0. The van der Waals surface area contributed by atoms with Crippen molar-refractivity contribution in [3.05, 3.63) is 45.8 Å². The minimum Gasteiger partial charge on any atom is -0.506 e. The monoisotopic (exact) mass is 315 g/mol. The number of halogens is 2. The summed E-state index contributed by atoms with van der Waals surface area (Å²) in [6.07, 6.45) is 1.41. The number of rotatable bonds is 2. The SMILES string of the molecule is O=C(Nc1ccc(O)c(Cl)c1)c1ccoc1Br. The molecular weight excluding hydrogens is 309 g/mol. The Bertz CT molecular complexity index is 568. The van der Waals surface area contributed by atoms with Crippen molar-refractivity contribution < 1.29 is 14.3 Å². The highest BCUT2D eigenvalue weighted by Crippen LogP contribution is 2.27. The second-order valence-electron chi connectivity index (χ2n) is 3.23. The highest BCUT2D eigenvalue weighted by molar-refractivity contribution is 9.10. The molecule has 0 spiro atoms. The number of aromatic hydroxyl groups is 1. The maximum Gasteiger partial charge on any atom is 0.260 e. The van der Waals surface area contributed by atoms with Crippen LogP contribution >= 0.6 is 27.5 Å². The van der Waals surface area contributed by atoms with Gasteiger partial charge in [-0.15, -0.1) is 0 Å². The summed E-state index contributed by atoms with van der Waals surface area (Å²) in [7, 11) is 0. The number of carbonyl (C=O) groups is 1. The Morgan fingerprint density at radius 3 is 2.76 bits per heavy atom. The summed E-state index contributed by atoms with van der Waals surface area (Å²) in [5, 5.41) is 12.0. The van der Waals surface area contributed by atoms with Crippen LogP contribution in [0.2, 0.25) is 5.02 Å². The standard InChI is InChI=1S/C11H7BrClNO3/c12-10-7(3-4-17-10)11(16)14-6-1-2-9(15)8(13)5-6/h1-5,15H,(H,14,16). The molecule has 0 atom stereocenters. The van der Waals surface area contributed by atoms with E-state index in [1.165, 1.54) is 18.4 Å². The summed E-state index contributed by atoms with van der Waals surface area (Å²) in [5.41, 5.74) is 0.875. The molecule has 0 aliphatic carbocycles. The molecule has 0 fully saturated rings. The van der Waals surface area contributed by atoms with Gasteiger partial charge in [0.25, 0.3) is 5.91 Å². The van der Waals surface area contributed by atoms with Crippen molar-refractivity contribution in [2.24, 2.45) is 0 Å². The number of hydrogen-bond acceptors (Lipinski definition) is 3. The zero-order valence-electron chi connectivity index (χ0n) is 8.41. The van der Waals surface area contributed by atoms with Crippen LogP contribution in [0.1, 0.15) is 10.4 Å². The van der Waals surface area contributed by atoms with E-state index in [9.17, 15) is 9.90 Å². The smallest absolute Gasteiger partial charge is 0.260 e. The largest absolute Gasteiger partial charge is 0.506 e. The minimum absolute atomic E-state index is 0.0332. The second kappa shape index (κ2) is 4.81. The zero-order chi connectivity index (χ0) is 12.4. The Morgan fingerprint density at radius 2 is 2.18 bits per heavy atom. The first-order chi connectivity index (χ1) is 8.08. The van der Waals surface area contributed by atoms with Crippen LogP contribution in [0.4, 0.5) is 5.69 Å². The Balaban J connectivity index is 2.19. The molecule has 1 heterocycles. The topological polar surface area (TPSA) is 62.5 Å². The Labute approximate surface area is 110 Å². The van der Waals surface area contributed by atoms with Gasteiger partial charge in [-0.3, -0.25) is 4.79 Å². The molecule has 17 heavy (non-hydrogen) atoms. The highest BCUT2D eigenvalue weighted by atomic mass is 79.9. The maximum atomic E-state index is 11.8. The maximum absolute atomic E-state index is 11.8. The number of phenols is 1. The molecule has 0 saturated heterocycles. The number of hydrogen-bond donors (Lipinski definition) is 2. The fourth-order valence-electron chi connectivity index (χ4n) is 1.24. The Hall–Kier alpha value is -1.46. The van der Waals surface area contributed by atoms with Crippen molar-refractivity contribution in [2.45, 2.75) is 0 Å². The van der Waals surface area contributed by atoms with Gasteiger partial charge in [0.05, 0.1) is 16.8 Å². The molecule has 1 aromatic heterocycles. The molecule has 6 heteroatoms. The van der Waals surface area contributed by atoms with Crippen molar-refractivity contribution in [3.63, 3.8) is 0 Å². The summed E-state index contributed by atoms with van der Waals surface area (Å²) in [4.78, 5) is 11.8. The van der Waals surface area contributed by atoms with Crippen molar-refractivity contribution in [1.29, 1.82) is 0 Å². The average molecular weight is 317 g/mol. The van der Waals surface area contributed by atoms with Gasteiger partial charge in [-0.25, -0.2) is 0 Å². The number of carbonyl (C=O) groups excluding carboxylic acids is 1. The third-order valence-electron chi connectivity index (χ3n) is 2.07. The summed E-state index contributed by atoms with van der Waals surface area (Å²) in [6, 6.07) is 5.96. The molecule has 4 nitrogen and oxygen atoms in total. The van der Waals surface area contributed by atoms with Gasteiger partial charge in [0.2, 0.25) is 0 Å². The zero-order valence-corrected chi connectivity index (χ0v) is 10.7. The molecule has 0 bridgehead atoms. The van der Waals surface area contributed by atoms with Gasteiger partial charge in [-0.1, -0.05) is 11.6 Å². The van der Waals surface area contributed by atoms with Crippen LogP contribution in [0.5, 0.6) is 5.75 Å². The normalized spacial score (nSPS) is 10.2. The van der Waals surface area contributed by atoms with Gasteiger partial charge >= 0.3 is 0 Å². The van der Waals surface area contributed by atoms with Gasteiger partial charge in [-0.2, -0.15) is 0 Å².